The van der Waals surface area contributed by atoms with E-state index in [4.69, 9.17) is 14.7 Å². The van der Waals surface area contributed by atoms with Crippen molar-refractivity contribution < 1.29 is 30.9 Å². The van der Waals surface area contributed by atoms with Crippen molar-refractivity contribution in [2.24, 2.45) is 0 Å². The predicted octanol–water partition coefficient (Wildman–Crippen LogP) is 14.3. The third-order valence-corrected chi connectivity index (χ3v) is 12.9. The molecule has 0 unspecified atom stereocenters. The van der Waals surface area contributed by atoms with Crippen LogP contribution in [0.2, 0.25) is 0 Å². The van der Waals surface area contributed by atoms with E-state index in [1.54, 1.807) is 6.07 Å². The number of aromatic hydroxyl groups is 1. The average molecular weight is 976 g/mol. The molecule has 7 aromatic rings. The summed E-state index contributed by atoms with van der Waals surface area (Å²) in [5, 5.41) is 11.6. The molecule has 5 aromatic carbocycles. The molecule has 0 saturated heterocycles. The second-order valence-corrected chi connectivity index (χ2v) is 20.5. The molecule has 0 spiro atoms. The minimum atomic E-state index is -0.465. The van der Waals surface area contributed by atoms with Crippen LogP contribution in [-0.2, 0) is 48.3 Å². The van der Waals surface area contributed by atoms with Crippen molar-refractivity contribution >= 4 is 11.0 Å². The molecule has 1 aliphatic rings. The van der Waals surface area contributed by atoms with Crippen LogP contribution in [0.25, 0.3) is 55.9 Å². The Morgan fingerprint density at radius 2 is 1.35 bits per heavy atom. The first-order valence-electron chi connectivity index (χ1n) is 20.9. The predicted molar refractivity (Wildman–Crippen MR) is 245 cm³/mol. The SMILES string of the molecule is CC(C)(C)c1ccc(-c2[c-]c(Oc3ccc(-c4ccc(-c5ccccc5)cc4C(C)(C)C)c4c3nc3n4C(C)(C)C(C)(C)c4cccc(O)c4-3)cc(C(C)(C)C)c2)nc1.[Pt]. The van der Waals surface area contributed by atoms with Crippen LogP contribution in [0.5, 0.6) is 17.2 Å². The topological polar surface area (TPSA) is 60.2 Å². The number of hydrogen-bond acceptors (Lipinski definition) is 4. The Balaban J connectivity index is 0.00000544. The first-order valence-corrected chi connectivity index (χ1v) is 20.9. The number of fused-ring (bicyclic) bond motifs is 5. The van der Waals surface area contributed by atoms with E-state index < -0.39 is 5.54 Å². The molecular formula is C54H58N3O2Pt-. The largest absolute Gasteiger partial charge is 0.507 e. The fourth-order valence-electron chi connectivity index (χ4n) is 8.57. The number of phenols is 1. The van der Waals surface area contributed by atoms with Crippen LogP contribution in [0, 0.1) is 6.07 Å². The van der Waals surface area contributed by atoms with Crippen molar-refractivity contribution in [1.29, 1.82) is 0 Å². The molecule has 8 rings (SSSR count). The molecular weight excluding hydrogens is 918 g/mol. The van der Waals surface area contributed by atoms with E-state index in [0.717, 1.165) is 55.9 Å². The quantitative estimate of drug-likeness (QED) is 0.175. The van der Waals surface area contributed by atoms with E-state index in [2.05, 4.69) is 192 Å². The Hall–Kier alpha value is -4.99. The van der Waals surface area contributed by atoms with Crippen molar-refractivity contribution in [3.05, 3.63) is 138 Å². The van der Waals surface area contributed by atoms with Gasteiger partial charge in [0.1, 0.15) is 17.1 Å². The normalized spacial score (nSPS) is 14.6. The summed E-state index contributed by atoms with van der Waals surface area (Å²) in [6.45, 7) is 29.2. The molecule has 5 nitrogen and oxygen atoms in total. The Morgan fingerprint density at radius 3 is 1.98 bits per heavy atom. The fraction of sp³-hybridized carbons (Fsp3) is 0.333. The summed E-state index contributed by atoms with van der Waals surface area (Å²) in [7, 11) is 0. The van der Waals surface area contributed by atoms with Crippen LogP contribution in [0.3, 0.4) is 0 Å². The third kappa shape index (κ3) is 7.31. The van der Waals surface area contributed by atoms with Gasteiger partial charge >= 0.3 is 0 Å². The molecule has 0 radical (unpaired) electrons. The van der Waals surface area contributed by atoms with Crippen LogP contribution in [0.4, 0.5) is 0 Å². The molecule has 1 aliphatic heterocycles. The van der Waals surface area contributed by atoms with Crippen LogP contribution >= 0.6 is 0 Å². The Labute approximate surface area is 371 Å². The average Bonchev–Trinajstić information content (AvgIpc) is 3.58. The number of rotatable bonds is 5. The summed E-state index contributed by atoms with van der Waals surface area (Å²) < 4.78 is 9.39. The van der Waals surface area contributed by atoms with Gasteiger partial charge in [0.05, 0.1) is 16.6 Å². The smallest absolute Gasteiger partial charge is 0.152 e. The van der Waals surface area contributed by atoms with Gasteiger partial charge in [0.25, 0.3) is 0 Å². The molecule has 0 atom stereocenters. The van der Waals surface area contributed by atoms with E-state index in [1.165, 1.54) is 22.3 Å². The fourth-order valence-corrected chi connectivity index (χ4v) is 8.57. The van der Waals surface area contributed by atoms with Gasteiger partial charge in [-0.05, 0) is 87.4 Å². The number of aromatic nitrogens is 3. The monoisotopic (exact) mass is 975 g/mol. The number of pyridine rings is 1. The zero-order valence-corrected chi connectivity index (χ0v) is 39.7. The number of ether oxygens (including phenoxy) is 1. The molecule has 60 heavy (non-hydrogen) atoms. The van der Waals surface area contributed by atoms with Crippen molar-refractivity contribution in [2.75, 3.05) is 0 Å². The summed E-state index contributed by atoms with van der Waals surface area (Å²) in [5.74, 6) is 2.16. The molecule has 6 heteroatoms. The maximum Gasteiger partial charge on any atom is 0.152 e. The number of phenolic OH excluding ortho intramolecular Hbond substituents is 1. The minimum Gasteiger partial charge on any atom is -0.507 e. The first kappa shape index (κ1) is 43.1. The number of benzene rings is 5. The Bertz CT molecular complexity index is 2740. The molecule has 312 valence electrons. The molecule has 0 amide bonds. The van der Waals surface area contributed by atoms with E-state index in [0.29, 0.717) is 11.5 Å². The van der Waals surface area contributed by atoms with Gasteiger partial charge in [-0.1, -0.05) is 161 Å². The van der Waals surface area contributed by atoms with E-state index in [1.807, 2.05) is 12.3 Å². The van der Waals surface area contributed by atoms with E-state index in [-0.39, 0.29) is 48.5 Å². The van der Waals surface area contributed by atoms with Gasteiger partial charge in [-0.25, -0.2) is 4.98 Å². The number of hydrogen-bond donors (Lipinski definition) is 1. The first-order chi connectivity index (χ1) is 27.6. The van der Waals surface area contributed by atoms with Crippen molar-refractivity contribution in [1.82, 2.24) is 14.5 Å². The van der Waals surface area contributed by atoms with Crippen LogP contribution < -0.4 is 4.74 Å². The van der Waals surface area contributed by atoms with Gasteiger partial charge in [-0.15, -0.1) is 17.2 Å². The Kier molecular flexibility index (Phi) is 10.7. The van der Waals surface area contributed by atoms with Gasteiger partial charge in [0.15, 0.2) is 5.75 Å². The summed E-state index contributed by atoms with van der Waals surface area (Å²) in [6, 6.07) is 39.7. The van der Waals surface area contributed by atoms with Crippen molar-refractivity contribution in [2.45, 2.75) is 117 Å². The molecule has 3 heterocycles. The van der Waals surface area contributed by atoms with Gasteiger partial charge < -0.3 is 19.4 Å². The molecule has 0 bridgehead atoms. The summed E-state index contributed by atoms with van der Waals surface area (Å²) in [6.07, 6.45) is 1.97. The van der Waals surface area contributed by atoms with Crippen molar-refractivity contribution in [3.8, 4) is 62.1 Å². The Morgan fingerprint density at radius 1 is 0.667 bits per heavy atom. The standard InChI is InChI=1S/C54H58N3O2.Pt/c1-50(2,3)36-23-26-43(55-32-36)35-28-37(51(4,5)6)31-38(29-35)59-45-27-25-40(39-24-22-34(30-42(39)52(7,8)9)33-18-15-14-16-19-33)48-47(45)56-49-46-41(20-17-21-44(46)58)53(10,11)54(12,13)57(48)49;/h14-28,30-32,58H,1-13H3;/q-1;. The summed E-state index contributed by atoms with van der Waals surface area (Å²) in [5.41, 5.74) is 12.2. The maximum atomic E-state index is 11.6. The van der Waals surface area contributed by atoms with E-state index >= 15 is 0 Å². The van der Waals surface area contributed by atoms with Crippen LogP contribution in [0.15, 0.2) is 109 Å². The van der Waals surface area contributed by atoms with Crippen LogP contribution in [-0.4, -0.2) is 19.6 Å². The second kappa shape index (κ2) is 14.9. The van der Waals surface area contributed by atoms with Gasteiger partial charge in [-0.3, -0.25) is 0 Å². The molecule has 0 fully saturated rings. The molecule has 0 aliphatic carbocycles. The number of nitrogens with zero attached hydrogens (tertiary/aromatic N) is 3. The van der Waals surface area contributed by atoms with E-state index in [9.17, 15) is 5.11 Å². The third-order valence-electron chi connectivity index (χ3n) is 12.9. The van der Waals surface area contributed by atoms with Gasteiger partial charge in [0.2, 0.25) is 0 Å². The van der Waals surface area contributed by atoms with Gasteiger partial charge in [0, 0.05) is 44.0 Å². The number of imidazole rings is 1. The molecule has 1 N–H and O–H groups in total. The summed E-state index contributed by atoms with van der Waals surface area (Å²) >= 11 is 0. The van der Waals surface area contributed by atoms with Crippen LogP contribution in [0.1, 0.15) is 112 Å². The summed E-state index contributed by atoms with van der Waals surface area (Å²) in [4.78, 5) is 10.4. The van der Waals surface area contributed by atoms with Gasteiger partial charge in [-0.2, -0.15) is 0 Å². The zero-order valence-electron chi connectivity index (χ0n) is 37.4. The van der Waals surface area contributed by atoms with Crippen molar-refractivity contribution in [3.63, 3.8) is 0 Å². The second-order valence-electron chi connectivity index (χ2n) is 20.5. The maximum absolute atomic E-state index is 11.6. The zero-order chi connectivity index (χ0) is 42.4. The minimum absolute atomic E-state index is 0. The molecule has 2 aromatic heterocycles. The molecule has 0 saturated carbocycles.